The number of pyridine rings is 1. The van der Waals surface area contributed by atoms with Crippen LogP contribution in [-0.4, -0.2) is 36.1 Å². The van der Waals surface area contributed by atoms with Gasteiger partial charge in [-0.2, -0.15) is 0 Å². The largest absolute Gasteiger partial charge is 0.368 e. The molecular weight excluding hydrogens is 328 g/mol. The van der Waals surface area contributed by atoms with E-state index >= 15 is 0 Å². The number of non-ortho nitro benzene ring substituents is 1. The summed E-state index contributed by atoms with van der Waals surface area (Å²) in [5.74, 6) is 0.978. The number of halogens is 1. The molecule has 1 aliphatic rings. The first-order chi connectivity index (χ1) is 11.6. The van der Waals surface area contributed by atoms with Crippen LogP contribution in [0.2, 0.25) is 5.02 Å². The highest BCUT2D eigenvalue weighted by molar-refractivity contribution is 6.33. The molecule has 0 atom stereocenters. The van der Waals surface area contributed by atoms with Crippen molar-refractivity contribution >= 4 is 28.8 Å². The maximum absolute atomic E-state index is 11.0. The molecule has 0 amide bonds. The van der Waals surface area contributed by atoms with Gasteiger partial charge in [-0.3, -0.25) is 10.1 Å². The van der Waals surface area contributed by atoms with E-state index in [0.717, 1.165) is 49.7 Å². The van der Waals surface area contributed by atoms with E-state index in [1.807, 2.05) is 25.1 Å². The van der Waals surface area contributed by atoms with Crippen molar-refractivity contribution in [1.82, 2.24) is 4.98 Å². The van der Waals surface area contributed by atoms with Gasteiger partial charge in [-0.15, -0.1) is 0 Å². The molecule has 0 unspecified atom stereocenters. The number of hydrogen-bond donors (Lipinski definition) is 0. The molecule has 2 aromatic rings. The van der Waals surface area contributed by atoms with Crippen LogP contribution in [0.4, 0.5) is 17.2 Å². The number of nitro groups is 1. The molecule has 1 aromatic heterocycles. The summed E-state index contributed by atoms with van der Waals surface area (Å²) in [6, 6.07) is 8.93. The summed E-state index contributed by atoms with van der Waals surface area (Å²) >= 11 is 6.35. The normalized spacial score (nSPS) is 15.2. The maximum atomic E-state index is 11.0. The predicted octanol–water partition coefficient (Wildman–Crippen LogP) is 3.67. The molecule has 0 aliphatic carbocycles. The monoisotopic (exact) mass is 346 g/mol. The van der Waals surface area contributed by atoms with Crippen LogP contribution in [0.25, 0.3) is 0 Å². The van der Waals surface area contributed by atoms with Gasteiger partial charge in [0.15, 0.2) is 0 Å². The molecule has 0 N–H and O–H groups in total. The molecule has 0 spiro atoms. The van der Waals surface area contributed by atoms with Crippen LogP contribution in [-0.2, 0) is 0 Å². The zero-order valence-electron chi connectivity index (χ0n) is 13.5. The first-order valence-electron chi connectivity index (χ1n) is 7.92. The molecule has 126 valence electrons. The van der Waals surface area contributed by atoms with Crippen molar-refractivity contribution in [2.45, 2.75) is 13.3 Å². The fraction of sp³-hybridized carbons (Fsp3) is 0.353. The number of benzene rings is 1. The molecule has 3 rings (SSSR count). The number of aromatic nitrogens is 1. The highest BCUT2D eigenvalue weighted by Gasteiger charge is 2.21. The Balaban J connectivity index is 1.80. The fourth-order valence-electron chi connectivity index (χ4n) is 3.14. The summed E-state index contributed by atoms with van der Waals surface area (Å²) in [5, 5.41) is 11.4. The SMILES string of the molecule is Cc1cc([N+](=O)[O-])cc(Cl)c1N1CCCN(c2ccccn2)CC1. The summed E-state index contributed by atoms with van der Waals surface area (Å²) in [6.07, 6.45) is 2.78. The van der Waals surface area contributed by atoms with Gasteiger partial charge in [0.1, 0.15) is 5.82 Å². The van der Waals surface area contributed by atoms with E-state index in [1.165, 1.54) is 6.07 Å². The highest BCUT2D eigenvalue weighted by atomic mass is 35.5. The maximum Gasteiger partial charge on any atom is 0.271 e. The quantitative estimate of drug-likeness (QED) is 0.626. The topological polar surface area (TPSA) is 62.5 Å². The lowest BCUT2D eigenvalue weighted by Crippen LogP contribution is -2.31. The van der Waals surface area contributed by atoms with Crippen LogP contribution in [0.15, 0.2) is 36.5 Å². The number of hydrogen-bond acceptors (Lipinski definition) is 5. The molecule has 0 saturated carbocycles. The Morgan fingerprint density at radius 2 is 1.92 bits per heavy atom. The van der Waals surface area contributed by atoms with Crippen LogP contribution in [0.1, 0.15) is 12.0 Å². The lowest BCUT2D eigenvalue weighted by atomic mass is 10.1. The molecule has 0 radical (unpaired) electrons. The van der Waals surface area contributed by atoms with E-state index in [1.54, 1.807) is 12.3 Å². The summed E-state index contributed by atoms with van der Waals surface area (Å²) in [6.45, 7) is 5.30. The Kier molecular flexibility index (Phi) is 4.85. The van der Waals surface area contributed by atoms with E-state index in [2.05, 4.69) is 14.8 Å². The average molecular weight is 347 g/mol. The third-order valence-electron chi connectivity index (χ3n) is 4.23. The number of anilines is 2. The van der Waals surface area contributed by atoms with E-state index in [-0.39, 0.29) is 5.69 Å². The predicted molar refractivity (Wildman–Crippen MR) is 96.1 cm³/mol. The van der Waals surface area contributed by atoms with Crippen molar-refractivity contribution in [2.75, 3.05) is 36.0 Å². The summed E-state index contributed by atoms with van der Waals surface area (Å²) in [7, 11) is 0. The second kappa shape index (κ2) is 7.05. The summed E-state index contributed by atoms with van der Waals surface area (Å²) < 4.78 is 0. The van der Waals surface area contributed by atoms with E-state index in [9.17, 15) is 10.1 Å². The van der Waals surface area contributed by atoms with Gasteiger partial charge >= 0.3 is 0 Å². The lowest BCUT2D eigenvalue weighted by Gasteiger charge is -2.26. The van der Waals surface area contributed by atoms with Gasteiger partial charge < -0.3 is 9.80 Å². The first kappa shape index (κ1) is 16.5. The van der Waals surface area contributed by atoms with Crippen molar-refractivity contribution in [2.24, 2.45) is 0 Å². The van der Waals surface area contributed by atoms with Gasteiger partial charge in [0, 0.05) is 44.5 Å². The zero-order valence-corrected chi connectivity index (χ0v) is 14.2. The molecule has 24 heavy (non-hydrogen) atoms. The van der Waals surface area contributed by atoms with E-state index in [4.69, 9.17) is 11.6 Å². The van der Waals surface area contributed by atoms with Crippen LogP contribution in [0.3, 0.4) is 0 Å². The first-order valence-corrected chi connectivity index (χ1v) is 8.29. The number of aryl methyl sites for hydroxylation is 1. The van der Waals surface area contributed by atoms with Crippen molar-refractivity contribution in [3.8, 4) is 0 Å². The number of nitro benzene ring substituents is 1. The zero-order chi connectivity index (χ0) is 17.1. The number of nitrogens with zero attached hydrogens (tertiary/aromatic N) is 4. The molecular formula is C17H19ClN4O2. The van der Waals surface area contributed by atoms with Crippen molar-refractivity contribution < 1.29 is 4.92 Å². The minimum absolute atomic E-state index is 0.0335. The van der Waals surface area contributed by atoms with Crippen molar-refractivity contribution in [3.63, 3.8) is 0 Å². The highest BCUT2D eigenvalue weighted by Crippen LogP contribution is 2.34. The molecule has 0 bridgehead atoms. The third-order valence-corrected chi connectivity index (χ3v) is 4.52. The van der Waals surface area contributed by atoms with Crippen LogP contribution in [0.5, 0.6) is 0 Å². The standard InChI is InChI=1S/C17H19ClN4O2/c1-13-11-14(22(23)24)12-15(18)17(13)21-8-4-7-20(9-10-21)16-5-2-3-6-19-16/h2-3,5-6,11-12H,4,7-10H2,1H3. The van der Waals surface area contributed by atoms with E-state index < -0.39 is 4.92 Å². The fourth-order valence-corrected chi connectivity index (χ4v) is 3.52. The molecule has 1 aliphatic heterocycles. The second-order valence-electron chi connectivity index (χ2n) is 5.87. The molecule has 6 nitrogen and oxygen atoms in total. The average Bonchev–Trinajstić information content (AvgIpc) is 2.81. The van der Waals surface area contributed by atoms with Gasteiger partial charge in [-0.05, 0) is 31.0 Å². The van der Waals surface area contributed by atoms with Crippen LogP contribution < -0.4 is 9.80 Å². The van der Waals surface area contributed by atoms with E-state index in [0.29, 0.717) is 5.02 Å². The minimum Gasteiger partial charge on any atom is -0.368 e. The van der Waals surface area contributed by atoms with Crippen molar-refractivity contribution in [1.29, 1.82) is 0 Å². The summed E-state index contributed by atoms with van der Waals surface area (Å²) in [4.78, 5) is 19.4. The van der Waals surface area contributed by atoms with Gasteiger partial charge in [-0.1, -0.05) is 17.7 Å². The third kappa shape index (κ3) is 3.43. The molecule has 1 aromatic carbocycles. The van der Waals surface area contributed by atoms with Gasteiger partial charge in [0.25, 0.3) is 5.69 Å². The van der Waals surface area contributed by atoms with Crippen LogP contribution >= 0.6 is 11.6 Å². The Labute approximate surface area is 145 Å². The van der Waals surface area contributed by atoms with Crippen LogP contribution in [0, 0.1) is 17.0 Å². The minimum atomic E-state index is -0.409. The lowest BCUT2D eigenvalue weighted by molar-refractivity contribution is -0.384. The molecule has 1 fully saturated rings. The van der Waals surface area contributed by atoms with Gasteiger partial charge in [0.05, 0.1) is 15.6 Å². The van der Waals surface area contributed by atoms with Crippen molar-refractivity contribution in [3.05, 3.63) is 57.2 Å². The Bertz CT molecular complexity index is 716. The molecule has 7 heteroatoms. The second-order valence-corrected chi connectivity index (χ2v) is 6.27. The van der Waals surface area contributed by atoms with Gasteiger partial charge in [0.2, 0.25) is 0 Å². The Morgan fingerprint density at radius 1 is 1.17 bits per heavy atom. The number of rotatable bonds is 3. The Morgan fingerprint density at radius 3 is 2.58 bits per heavy atom. The molecule has 2 heterocycles. The smallest absolute Gasteiger partial charge is 0.271 e. The summed E-state index contributed by atoms with van der Waals surface area (Å²) in [5.41, 5.74) is 1.76. The van der Waals surface area contributed by atoms with Gasteiger partial charge in [-0.25, -0.2) is 4.98 Å². The Hall–Kier alpha value is -2.34. The molecule has 1 saturated heterocycles.